The van der Waals surface area contributed by atoms with Crippen LogP contribution in [0.15, 0.2) is 36.4 Å². The van der Waals surface area contributed by atoms with Gasteiger partial charge in [0.05, 0.1) is 6.61 Å². The van der Waals surface area contributed by atoms with E-state index in [-0.39, 0.29) is 23.6 Å². The van der Waals surface area contributed by atoms with Gasteiger partial charge in [-0.3, -0.25) is 9.59 Å². The first kappa shape index (κ1) is 34.0. The molecule has 46 heavy (non-hydrogen) atoms. The summed E-state index contributed by atoms with van der Waals surface area (Å²) in [5, 5.41) is 16.3. The normalized spacial score (nSPS) is 23.7. The van der Waals surface area contributed by atoms with E-state index >= 15 is 0 Å². The monoisotopic (exact) mass is 635 g/mol. The van der Waals surface area contributed by atoms with Crippen molar-refractivity contribution in [3.8, 4) is 5.75 Å². The van der Waals surface area contributed by atoms with Gasteiger partial charge in [0, 0.05) is 18.5 Å². The lowest BCUT2D eigenvalue weighted by Gasteiger charge is -2.57. The van der Waals surface area contributed by atoms with E-state index in [1.807, 2.05) is 0 Å². The lowest BCUT2D eigenvalue weighted by molar-refractivity contribution is -0.128. The van der Waals surface area contributed by atoms with Crippen LogP contribution >= 0.6 is 0 Å². The molecule has 6 rings (SSSR count). The molecule has 0 aliphatic heterocycles. The van der Waals surface area contributed by atoms with Gasteiger partial charge in [-0.25, -0.2) is 4.79 Å². The zero-order valence-corrected chi connectivity index (χ0v) is 27.2. The molecule has 4 fully saturated rings. The van der Waals surface area contributed by atoms with Crippen molar-refractivity contribution in [3.63, 3.8) is 0 Å². The first-order chi connectivity index (χ1) is 22.3. The molecule has 0 unspecified atom stereocenters. The molecule has 7 N–H and O–H groups in total. The van der Waals surface area contributed by atoms with E-state index in [9.17, 15) is 19.5 Å². The van der Waals surface area contributed by atoms with Gasteiger partial charge >= 0.3 is 5.97 Å². The van der Waals surface area contributed by atoms with Crippen molar-refractivity contribution >= 4 is 17.8 Å². The maximum Gasteiger partial charge on any atom is 0.354 e. The minimum absolute atomic E-state index is 0.144. The minimum atomic E-state index is -0.823. The highest BCUT2D eigenvalue weighted by Gasteiger charge is 2.52. The first-order valence-corrected chi connectivity index (χ1v) is 17.5. The van der Waals surface area contributed by atoms with E-state index in [1.165, 1.54) is 19.3 Å². The summed E-state index contributed by atoms with van der Waals surface area (Å²) >= 11 is 0. The number of unbranched alkanes of at least 4 members (excludes halogenated alkanes) is 5. The molecule has 1 heterocycles. The molecule has 4 aliphatic rings. The van der Waals surface area contributed by atoms with Crippen molar-refractivity contribution in [1.82, 2.24) is 15.2 Å². The SMILES string of the molecule is NCCCCCCn1c(C(=O)N[C@@H](Cc2ccc(O)cc2)C(=O)NC23CC4CC(CC(C4)C2)C3)ccc1C(=O)OCCCCCN. The van der Waals surface area contributed by atoms with Gasteiger partial charge in [0.15, 0.2) is 0 Å². The van der Waals surface area contributed by atoms with E-state index in [0.29, 0.717) is 55.4 Å². The van der Waals surface area contributed by atoms with Crippen LogP contribution in [0.4, 0.5) is 0 Å². The molecule has 0 radical (unpaired) electrons. The summed E-state index contributed by atoms with van der Waals surface area (Å²) in [6, 6.07) is 9.20. The molecule has 4 bridgehead atoms. The van der Waals surface area contributed by atoms with Crippen LogP contribution < -0.4 is 22.1 Å². The maximum absolute atomic E-state index is 14.1. The average molecular weight is 636 g/mol. The molecule has 4 saturated carbocycles. The number of amides is 2. The number of nitrogens with zero attached hydrogens (tertiary/aromatic N) is 1. The number of hydrogen-bond acceptors (Lipinski definition) is 7. The van der Waals surface area contributed by atoms with Crippen LogP contribution in [0.25, 0.3) is 0 Å². The van der Waals surface area contributed by atoms with Crippen molar-refractivity contribution in [2.24, 2.45) is 29.2 Å². The predicted octanol–water partition coefficient (Wildman–Crippen LogP) is 4.42. The summed E-state index contributed by atoms with van der Waals surface area (Å²) in [4.78, 5) is 41.1. The van der Waals surface area contributed by atoms with Gasteiger partial charge in [0.1, 0.15) is 23.2 Å². The average Bonchev–Trinajstić information content (AvgIpc) is 3.44. The summed E-state index contributed by atoms with van der Waals surface area (Å²) in [6.07, 6.45) is 13.2. The first-order valence-electron chi connectivity index (χ1n) is 17.5. The Kier molecular flexibility index (Phi) is 11.8. The third kappa shape index (κ3) is 8.70. The fourth-order valence-electron chi connectivity index (χ4n) is 8.44. The van der Waals surface area contributed by atoms with Gasteiger partial charge in [0.25, 0.3) is 5.91 Å². The van der Waals surface area contributed by atoms with Crippen LogP contribution in [0.3, 0.4) is 0 Å². The van der Waals surface area contributed by atoms with Gasteiger partial charge in [-0.2, -0.15) is 0 Å². The summed E-state index contributed by atoms with van der Waals surface area (Å²) < 4.78 is 7.29. The van der Waals surface area contributed by atoms with Crippen molar-refractivity contribution in [1.29, 1.82) is 0 Å². The molecular weight excluding hydrogens is 582 g/mol. The Hall–Kier alpha value is -3.37. The number of nitrogens with one attached hydrogen (secondary N) is 2. The highest BCUT2D eigenvalue weighted by atomic mass is 16.5. The fraction of sp³-hybridized carbons (Fsp3) is 0.639. The number of nitrogens with two attached hydrogens (primary N) is 2. The van der Waals surface area contributed by atoms with Crippen LogP contribution in [0.5, 0.6) is 5.75 Å². The second kappa shape index (κ2) is 16.0. The third-order valence-corrected chi connectivity index (χ3v) is 10.3. The minimum Gasteiger partial charge on any atom is -0.508 e. The molecule has 252 valence electrons. The van der Waals surface area contributed by atoms with E-state index < -0.39 is 17.9 Å². The molecule has 4 aliphatic carbocycles. The zero-order valence-electron chi connectivity index (χ0n) is 27.2. The number of carbonyl (C=O) groups is 3. The molecule has 0 saturated heterocycles. The van der Waals surface area contributed by atoms with Crippen LogP contribution in [0.1, 0.15) is 110 Å². The number of benzene rings is 1. The lowest BCUT2D eigenvalue weighted by Crippen LogP contribution is -2.63. The molecule has 0 spiro atoms. The number of phenols is 1. The molecule has 10 nitrogen and oxygen atoms in total. The number of phenolic OH excluding ortho intramolecular Hbond substituents is 1. The predicted molar refractivity (Wildman–Crippen MR) is 177 cm³/mol. The molecule has 1 aromatic carbocycles. The Morgan fingerprint density at radius 3 is 2.04 bits per heavy atom. The Bertz CT molecular complexity index is 1290. The van der Waals surface area contributed by atoms with Gasteiger partial charge in [-0.05, 0) is 131 Å². The Morgan fingerprint density at radius 2 is 1.41 bits per heavy atom. The molecule has 1 atom stereocenters. The van der Waals surface area contributed by atoms with Gasteiger partial charge in [-0.1, -0.05) is 25.0 Å². The quantitative estimate of drug-likeness (QED) is 0.120. The summed E-state index contributed by atoms with van der Waals surface area (Å²) in [7, 11) is 0. The van der Waals surface area contributed by atoms with Crippen molar-refractivity contribution in [2.45, 2.75) is 108 Å². The third-order valence-electron chi connectivity index (χ3n) is 10.3. The molecule has 2 aromatic rings. The number of rotatable bonds is 18. The second-order valence-corrected chi connectivity index (χ2v) is 14.0. The second-order valence-electron chi connectivity index (χ2n) is 14.0. The van der Waals surface area contributed by atoms with E-state index in [1.54, 1.807) is 41.0 Å². The topological polar surface area (TPSA) is 162 Å². The van der Waals surface area contributed by atoms with Gasteiger partial charge in [-0.15, -0.1) is 0 Å². The summed E-state index contributed by atoms with van der Waals surface area (Å²) in [5.74, 6) is 1.10. The van der Waals surface area contributed by atoms with Crippen molar-refractivity contribution in [3.05, 3.63) is 53.3 Å². The number of hydrogen-bond donors (Lipinski definition) is 5. The van der Waals surface area contributed by atoms with Crippen LogP contribution in [-0.2, 0) is 22.5 Å². The number of carbonyl (C=O) groups excluding carboxylic acids is 3. The summed E-state index contributed by atoms with van der Waals surface area (Å²) in [5.41, 5.74) is 12.5. The smallest absolute Gasteiger partial charge is 0.354 e. The largest absolute Gasteiger partial charge is 0.508 e. The number of esters is 1. The Labute approximate surface area is 273 Å². The number of ether oxygens (including phenoxy) is 1. The van der Waals surface area contributed by atoms with E-state index in [4.69, 9.17) is 16.2 Å². The number of aromatic hydroxyl groups is 1. The molecule has 10 heteroatoms. The van der Waals surface area contributed by atoms with Gasteiger partial charge in [0.2, 0.25) is 5.91 Å². The fourth-order valence-corrected chi connectivity index (χ4v) is 8.44. The van der Waals surface area contributed by atoms with Crippen LogP contribution in [0.2, 0.25) is 0 Å². The van der Waals surface area contributed by atoms with E-state index in [2.05, 4.69) is 10.6 Å². The van der Waals surface area contributed by atoms with Crippen LogP contribution in [-0.4, -0.2) is 58.7 Å². The lowest BCUT2D eigenvalue weighted by atomic mass is 9.53. The Morgan fingerprint density at radius 1 is 0.826 bits per heavy atom. The standard InChI is InChI=1S/C36H53N5O5/c37-14-4-1-2-6-16-41-31(12-13-32(41)35(45)46-17-7-3-5-15-38)34(44)39-30(21-25-8-10-29(42)11-9-25)33(43)40-36-22-26-18-27(23-36)20-28(19-26)24-36/h8-13,26-28,30,42H,1-7,14-24,37-38H2,(H,39,44)(H,40,43)/t26?,27?,28?,30-,36?/m0/s1. The molecule has 2 amide bonds. The zero-order chi connectivity index (χ0) is 32.5. The molecular formula is C36H53N5O5. The Balaban J connectivity index is 1.33. The maximum atomic E-state index is 14.1. The highest BCUT2D eigenvalue weighted by Crippen LogP contribution is 2.55. The van der Waals surface area contributed by atoms with Gasteiger partial charge < -0.3 is 36.5 Å². The van der Waals surface area contributed by atoms with Crippen LogP contribution in [0, 0.1) is 17.8 Å². The van der Waals surface area contributed by atoms with Crippen molar-refractivity contribution in [2.75, 3.05) is 19.7 Å². The number of aromatic nitrogens is 1. The molecule has 1 aromatic heterocycles. The highest BCUT2D eigenvalue weighted by molar-refractivity contribution is 5.99. The van der Waals surface area contributed by atoms with Crippen molar-refractivity contribution < 1.29 is 24.2 Å². The summed E-state index contributed by atoms with van der Waals surface area (Å²) in [6.45, 7) is 2.00. The van der Waals surface area contributed by atoms with E-state index in [0.717, 1.165) is 69.8 Å².